The van der Waals surface area contributed by atoms with Gasteiger partial charge in [0.1, 0.15) is 17.2 Å². The minimum absolute atomic E-state index is 0.105. The third-order valence-electron chi connectivity index (χ3n) is 4.27. The first kappa shape index (κ1) is 17.6. The van der Waals surface area contributed by atoms with Crippen molar-refractivity contribution in [3.05, 3.63) is 30.4 Å². The highest BCUT2D eigenvalue weighted by atomic mass is 32.2. The summed E-state index contributed by atoms with van der Waals surface area (Å²) < 4.78 is 4.03. The number of nitrogens with one attached hydrogen (secondary N) is 1. The Kier molecular flexibility index (Phi) is 4.61. The van der Waals surface area contributed by atoms with Gasteiger partial charge in [0.15, 0.2) is 17.5 Å². The number of imidazole rings is 1. The molecule has 9 heteroatoms. The molecule has 1 aliphatic heterocycles. The molecular formula is C18H21N8S+. The molecule has 0 aliphatic carbocycles. The first-order valence-electron chi connectivity index (χ1n) is 8.69. The van der Waals surface area contributed by atoms with Crippen LogP contribution in [0.1, 0.15) is 25.7 Å². The second-order valence-corrected chi connectivity index (χ2v) is 7.45. The molecular weight excluding hydrogens is 360 g/mol. The van der Waals surface area contributed by atoms with E-state index >= 15 is 0 Å². The number of aliphatic imine (C=N–C) groups is 1. The molecule has 1 unspecified atom stereocenters. The van der Waals surface area contributed by atoms with E-state index in [0.29, 0.717) is 17.8 Å². The average molecular weight is 381 g/mol. The van der Waals surface area contributed by atoms with E-state index in [1.165, 1.54) is 0 Å². The van der Waals surface area contributed by atoms with E-state index in [2.05, 4.69) is 48.7 Å². The summed E-state index contributed by atoms with van der Waals surface area (Å²) in [5.74, 6) is 2.95. The van der Waals surface area contributed by atoms with Crippen LogP contribution in [0.4, 0.5) is 17.6 Å². The van der Waals surface area contributed by atoms with Crippen molar-refractivity contribution < 1.29 is 4.58 Å². The highest BCUT2D eigenvalue weighted by Crippen LogP contribution is 2.24. The fraction of sp³-hybridized carbons (Fsp3) is 0.333. The Hall–Kier alpha value is -2.81. The molecule has 3 aromatic heterocycles. The standard InChI is InChI=1S/C18H21N8S/c1-11(2)26-12(3)22-13-8-20-16(7-14(13)26)23-15-5-6-19-18(24-15)25-9-17(27-4)21-10-25/h5-11,17H,1-4H3,(H,19,20,23,24)/q+1. The molecule has 0 radical (unpaired) electrons. The largest absolute Gasteiger partial charge is 0.390 e. The second-order valence-electron chi connectivity index (χ2n) is 6.50. The second kappa shape index (κ2) is 7.07. The van der Waals surface area contributed by atoms with E-state index in [1.54, 1.807) is 30.5 Å². The van der Waals surface area contributed by atoms with E-state index in [0.717, 1.165) is 22.7 Å². The first-order chi connectivity index (χ1) is 13.0. The molecule has 4 heterocycles. The van der Waals surface area contributed by atoms with Crippen LogP contribution in [0.3, 0.4) is 0 Å². The summed E-state index contributed by atoms with van der Waals surface area (Å²) >= 11 is 1.66. The van der Waals surface area contributed by atoms with Crippen LogP contribution in [-0.2, 0) is 0 Å². The lowest BCUT2D eigenvalue weighted by Gasteiger charge is -2.11. The number of pyridine rings is 1. The van der Waals surface area contributed by atoms with Crippen LogP contribution in [0.25, 0.3) is 11.0 Å². The van der Waals surface area contributed by atoms with Crippen molar-refractivity contribution in [2.45, 2.75) is 32.2 Å². The lowest BCUT2D eigenvalue weighted by molar-refractivity contribution is -0.296. The maximum Gasteiger partial charge on any atom is 0.390 e. The van der Waals surface area contributed by atoms with Crippen LogP contribution < -0.4 is 5.32 Å². The molecule has 27 heavy (non-hydrogen) atoms. The molecule has 1 aliphatic rings. The lowest BCUT2D eigenvalue weighted by atomic mass is 10.3. The highest BCUT2D eigenvalue weighted by Gasteiger charge is 2.19. The maximum atomic E-state index is 4.58. The first-order valence-corrected chi connectivity index (χ1v) is 9.98. The third kappa shape index (κ3) is 3.42. The third-order valence-corrected chi connectivity index (χ3v) is 4.99. The number of nitrogens with zero attached hydrogens (tertiary/aromatic N) is 7. The van der Waals surface area contributed by atoms with Gasteiger partial charge in [-0.15, -0.1) is 16.7 Å². The maximum absolute atomic E-state index is 4.58. The lowest BCUT2D eigenvalue weighted by Crippen LogP contribution is -2.08. The van der Waals surface area contributed by atoms with Gasteiger partial charge in [0.2, 0.25) is 0 Å². The van der Waals surface area contributed by atoms with Gasteiger partial charge in [-0.1, -0.05) is 4.98 Å². The van der Waals surface area contributed by atoms with Crippen LogP contribution in [0, 0.1) is 6.92 Å². The van der Waals surface area contributed by atoms with Crippen molar-refractivity contribution in [1.82, 2.24) is 24.5 Å². The van der Waals surface area contributed by atoms with Crippen molar-refractivity contribution in [3.8, 4) is 0 Å². The van der Waals surface area contributed by atoms with Gasteiger partial charge in [-0.25, -0.2) is 9.97 Å². The Morgan fingerprint density at radius 3 is 2.81 bits per heavy atom. The van der Waals surface area contributed by atoms with Crippen molar-refractivity contribution >= 4 is 52.9 Å². The molecule has 0 fully saturated rings. The zero-order chi connectivity index (χ0) is 19.0. The topological polar surface area (TPSA) is 83.9 Å². The molecule has 1 N–H and O–H groups in total. The summed E-state index contributed by atoms with van der Waals surface area (Å²) in [6, 6.07) is 4.15. The summed E-state index contributed by atoms with van der Waals surface area (Å²) in [6.07, 6.45) is 9.26. The number of aryl methyl sites for hydroxylation is 1. The average Bonchev–Trinajstić information content (AvgIpc) is 3.25. The Labute approximate surface area is 161 Å². The van der Waals surface area contributed by atoms with E-state index in [-0.39, 0.29) is 5.37 Å². The summed E-state index contributed by atoms with van der Waals surface area (Å²) in [5, 5.41) is 3.37. The molecule has 0 aromatic carbocycles. The number of anilines is 2. The van der Waals surface area contributed by atoms with Gasteiger partial charge < -0.3 is 9.88 Å². The fourth-order valence-corrected chi connectivity index (χ4v) is 3.53. The SMILES string of the molecule is CSC1C=[N+](c2nccc(Nc3cc4c(cn3)nc(C)n4C(C)C)n2)C=N1. The molecule has 138 valence electrons. The number of fused-ring (bicyclic) bond motifs is 1. The monoisotopic (exact) mass is 381 g/mol. The Balaban J connectivity index is 1.64. The van der Waals surface area contributed by atoms with Crippen LogP contribution in [0.2, 0.25) is 0 Å². The van der Waals surface area contributed by atoms with Gasteiger partial charge >= 0.3 is 5.95 Å². The molecule has 0 saturated heterocycles. The molecule has 0 amide bonds. The van der Waals surface area contributed by atoms with E-state index in [4.69, 9.17) is 0 Å². The van der Waals surface area contributed by atoms with Crippen LogP contribution in [-0.4, -0.2) is 53.3 Å². The Morgan fingerprint density at radius 2 is 2.07 bits per heavy atom. The molecule has 4 rings (SSSR count). The van der Waals surface area contributed by atoms with Gasteiger partial charge in [0.05, 0.1) is 24.1 Å². The molecule has 0 bridgehead atoms. The van der Waals surface area contributed by atoms with Crippen molar-refractivity contribution in [2.24, 2.45) is 4.99 Å². The minimum Gasteiger partial charge on any atom is -0.326 e. The molecule has 0 spiro atoms. The van der Waals surface area contributed by atoms with Gasteiger partial charge in [-0.3, -0.25) is 0 Å². The Morgan fingerprint density at radius 1 is 1.22 bits per heavy atom. The predicted octanol–water partition coefficient (Wildman–Crippen LogP) is 3.30. The van der Waals surface area contributed by atoms with Gasteiger partial charge in [-0.2, -0.15) is 9.57 Å². The summed E-state index contributed by atoms with van der Waals surface area (Å²) in [5.41, 5.74) is 1.94. The zero-order valence-electron chi connectivity index (χ0n) is 15.7. The minimum atomic E-state index is 0.105. The highest BCUT2D eigenvalue weighted by molar-refractivity contribution is 7.99. The summed E-state index contributed by atoms with van der Waals surface area (Å²) in [7, 11) is 0. The number of hydrogen-bond acceptors (Lipinski definition) is 7. The normalized spacial score (nSPS) is 16.3. The fourth-order valence-electron chi connectivity index (χ4n) is 3.10. The zero-order valence-corrected chi connectivity index (χ0v) is 16.5. The van der Waals surface area contributed by atoms with Crippen LogP contribution >= 0.6 is 11.8 Å². The summed E-state index contributed by atoms with van der Waals surface area (Å²) in [6.45, 7) is 6.31. The van der Waals surface area contributed by atoms with Crippen molar-refractivity contribution in [3.63, 3.8) is 0 Å². The van der Waals surface area contributed by atoms with Crippen LogP contribution in [0.5, 0.6) is 0 Å². The Bertz CT molecular complexity index is 1050. The van der Waals surface area contributed by atoms with Gasteiger partial charge in [0, 0.05) is 18.2 Å². The number of thioether (sulfide) groups is 1. The van der Waals surface area contributed by atoms with E-state index in [9.17, 15) is 0 Å². The van der Waals surface area contributed by atoms with Crippen molar-refractivity contribution in [2.75, 3.05) is 11.6 Å². The van der Waals surface area contributed by atoms with E-state index < -0.39 is 0 Å². The van der Waals surface area contributed by atoms with Gasteiger partial charge in [-0.05, 0) is 27.0 Å². The van der Waals surface area contributed by atoms with Crippen molar-refractivity contribution in [1.29, 1.82) is 0 Å². The molecule has 1 atom stereocenters. The molecule has 8 nitrogen and oxygen atoms in total. The molecule has 0 saturated carbocycles. The predicted molar refractivity (Wildman–Crippen MR) is 110 cm³/mol. The van der Waals surface area contributed by atoms with Crippen LogP contribution in [0.15, 0.2) is 29.5 Å². The molecule has 3 aromatic rings. The smallest absolute Gasteiger partial charge is 0.326 e. The van der Waals surface area contributed by atoms with E-state index in [1.807, 2.05) is 36.1 Å². The summed E-state index contributed by atoms with van der Waals surface area (Å²) in [4.78, 5) is 22.3. The quantitative estimate of drug-likeness (QED) is 0.683. The number of hydrogen-bond donors (Lipinski definition) is 1. The number of aromatic nitrogens is 5. The number of rotatable bonds is 5. The van der Waals surface area contributed by atoms with Gasteiger partial charge in [0.25, 0.3) is 0 Å².